The second-order valence-electron chi connectivity index (χ2n) is 8.41. The molecule has 0 N–H and O–H groups in total. The molecule has 1 aromatic rings. The Morgan fingerprint density at radius 3 is 2.07 bits per heavy atom. The van der Waals surface area contributed by atoms with Gasteiger partial charge in [0.1, 0.15) is 0 Å². The van der Waals surface area contributed by atoms with Crippen LogP contribution in [-0.4, -0.2) is 24.9 Å². The zero-order valence-electron chi connectivity index (χ0n) is 18.2. The van der Waals surface area contributed by atoms with E-state index in [2.05, 4.69) is 6.92 Å². The average molecular weight is 413 g/mol. The predicted molar refractivity (Wildman–Crippen MR) is 111 cm³/mol. The van der Waals surface area contributed by atoms with Gasteiger partial charge in [-0.25, -0.2) is 0 Å². The molecule has 0 aliphatic rings. The van der Waals surface area contributed by atoms with Crippen molar-refractivity contribution in [3.05, 3.63) is 28.8 Å². The van der Waals surface area contributed by atoms with Gasteiger partial charge in [0.15, 0.2) is 0 Å². The highest BCUT2D eigenvalue weighted by molar-refractivity contribution is 5.99. The molecule has 0 saturated carbocycles. The van der Waals surface area contributed by atoms with E-state index in [0.717, 1.165) is 37.0 Å². The number of halogens is 3. The first-order valence-electron chi connectivity index (χ1n) is 10.4. The quantitative estimate of drug-likeness (QED) is 0.425. The number of anilines is 1. The minimum Gasteiger partial charge on any atom is -0.304 e. The largest absolute Gasteiger partial charge is 0.471 e. The van der Waals surface area contributed by atoms with Crippen LogP contribution in [-0.2, 0) is 21.4 Å². The van der Waals surface area contributed by atoms with Crippen molar-refractivity contribution in [1.82, 2.24) is 0 Å². The fourth-order valence-electron chi connectivity index (χ4n) is 3.69. The molecule has 0 unspecified atom stereocenters. The molecule has 29 heavy (non-hydrogen) atoms. The number of hydrogen-bond acceptors (Lipinski definition) is 2. The lowest BCUT2D eigenvalue weighted by atomic mass is 9.79. The Morgan fingerprint density at radius 2 is 1.59 bits per heavy atom. The molecule has 163 valence electrons. The molecule has 0 bridgehead atoms. The predicted octanol–water partition coefficient (Wildman–Crippen LogP) is 6.26. The van der Waals surface area contributed by atoms with E-state index >= 15 is 0 Å². The van der Waals surface area contributed by atoms with Crippen LogP contribution in [0.15, 0.2) is 12.1 Å². The smallest absolute Gasteiger partial charge is 0.304 e. The lowest BCUT2D eigenvalue weighted by Gasteiger charge is -2.33. The maximum absolute atomic E-state index is 13.4. The molecule has 0 spiro atoms. The number of carbonyl (C=O) groups is 1. The highest BCUT2D eigenvalue weighted by atomic mass is 19.4. The molecule has 1 radical (unpaired) electrons. The molecule has 0 aliphatic carbocycles. The molecule has 0 aliphatic heterocycles. The Kier molecular flexibility index (Phi) is 9.37. The summed E-state index contributed by atoms with van der Waals surface area (Å²) < 4.78 is 40.1. The minimum absolute atomic E-state index is 0.000846. The number of benzene rings is 1. The summed E-state index contributed by atoms with van der Waals surface area (Å²) in [5.41, 5.74) is 1.28. The van der Waals surface area contributed by atoms with Gasteiger partial charge in [0.05, 0.1) is 0 Å². The van der Waals surface area contributed by atoms with Gasteiger partial charge in [-0.05, 0) is 41.5 Å². The van der Waals surface area contributed by atoms with Crippen LogP contribution < -0.4 is 4.90 Å². The Morgan fingerprint density at radius 1 is 1.00 bits per heavy atom. The lowest BCUT2D eigenvalue weighted by molar-refractivity contribution is -0.170. The molecule has 1 amide bonds. The number of rotatable bonds is 10. The number of nitrogens with zero attached hydrogens (tertiary/aromatic N) is 1. The van der Waals surface area contributed by atoms with Gasteiger partial charge in [-0.2, -0.15) is 13.2 Å². The molecule has 1 aromatic carbocycles. The second-order valence-corrected chi connectivity index (χ2v) is 8.41. The Hall–Kier alpha value is -1.85. The molecule has 3 nitrogen and oxygen atoms in total. The Balaban J connectivity index is 3.37. The van der Waals surface area contributed by atoms with Gasteiger partial charge in [-0.1, -0.05) is 66.7 Å². The fourth-order valence-corrected chi connectivity index (χ4v) is 3.69. The molecular formula is C23H33F3NO2. The van der Waals surface area contributed by atoms with Crippen LogP contribution in [0.2, 0.25) is 0 Å². The SMILES string of the molecule is CCCCCCCCN(C(=O)C(F)(F)F)c1ccc([C]=O)c(CC)c1C(C)(C)C. The monoisotopic (exact) mass is 412 g/mol. The summed E-state index contributed by atoms with van der Waals surface area (Å²) in [6, 6.07) is 2.93. The Bertz CT molecular complexity index is 691. The normalized spacial score (nSPS) is 12.1. The number of carbonyl (C=O) groups excluding carboxylic acids is 2. The van der Waals surface area contributed by atoms with E-state index < -0.39 is 17.5 Å². The summed E-state index contributed by atoms with van der Waals surface area (Å²) in [6.45, 7) is 9.57. The van der Waals surface area contributed by atoms with Crippen LogP contribution in [0.25, 0.3) is 0 Å². The summed E-state index contributed by atoms with van der Waals surface area (Å²) >= 11 is 0. The average Bonchev–Trinajstić information content (AvgIpc) is 2.64. The summed E-state index contributed by atoms with van der Waals surface area (Å²) in [6.07, 6.45) is 2.83. The van der Waals surface area contributed by atoms with E-state index in [1.807, 2.05) is 34.0 Å². The van der Waals surface area contributed by atoms with Crippen molar-refractivity contribution < 1.29 is 22.8 Å². The number of amides is 1. The van der Waals surface area contributed by atoms with Crippen molar-refractivity contribution in [2.75, 3.05) is 11.4 Å². The summed E-state index contributed by atoms with van der Waals surface area (Å²) in [5, 5.41) is 0. The molecule has 0 heterocycles. The van der Waals surface area contributed by atoms with E-state index in [4.69, 9.17) is 0 Å². The highest BCUT2D eigenvalue weighted by Gasteiger charge is 2.44. The topological polar surface area (TPSA) is 37.4 Å². The van der Waals surface area contributed by atoms with Crippen LogP contribution in [0.3, 0.4) is 0 Å². The van der Waals surface area contributed by atoms with Crippen LogP contribution in [0.1, 0.15) is 89.8 Å². The van der Waals surface area contributed by atoms with Crippen LogP contribution in [0.5, 0.6) is 0 Å². The first kappa shape index (κ1) is 25.2. The van der Waals surface area contributed by atoms with Crippen LogP contribution in [0, 0.1) is 0 Å². The lowest BCUT2D eigenvalue weighted by Crippen LogP contribution is -2.43. The molecular weight excluding hydrogens is 379 g/mol. The van der Waals surface area contributed by atoms with E-state index in [1.54, 1.807) is 0 Å². The summed E-state index contributed by atoms with van der Waals surface area (Å²) in [5.74, 6) is -1.86. The van der Waals surface area contributed by atoms with Crippen molar-refractivity contribution in [2.24, 2.45) is 0 Å². The van der Waals surface area contributed by atoms with Gasteiger partial charge in [-0.15, -0.1) is 0 Å². The molecule has 6 heteroatoms. The first-order chi connectivity index (χ1) is 13.5. The number of alkyl halides is 3. The van der Waals surface area contributed by atoms with Crippen molar-refractivity contribution >= 4 is 17.9 Å². The molecule has 0 saturated heterocycles. The minimum atomic E-state index is -4.96. The molecule has 0 fully saturated rings. The van der Waals surface area contributed by atoms with Crippen molar-refractivity contribution in [1.29, 1.82) is 0 Å². The van der Waals surface area contributed by atoms with Gasteiger partial charge in [-0.3, -0.25) is 9.59 Å². The molecule has 1 rings (SSSR count). The van der Waals surface area contributed by atoms with E-state index in [-0.39, 0.29) is 12.2 Å². The molecule has 0 aromatic heterocycles. The van der Waals surface area contributed by atoms with Crippen molar-refractivity contribution in [3.63, 3.8) is 0 Å². The van der Waals surface area contributed by atoms with E-state index in [1.165, 1.54) is 12.1 Å². The number of unbranched alkanes of at least 4 members (excludes halogenated alkanes) is 5. The van der Waals surface area contributed by atoms with Crippen molar-refractivity contribution in [3.8, 4) is 0 Å². The summed E-state index contributed by atoms with van der Waals surface area (Å²) in [4.78, 5) is 24.5. The number of hydrogen-bond donors (Lipinski definition) is 0. The third-order valence-corrected chi connectivity index (χ3v) is 5.02. The highest BCUT2D eigenvalue weighted by Crippen LogP contribution is 2.38. The van der Waals surface area contributed by atoms with Crippen LogP contribution in [0.4, 0.5) is 18.9 Å². The zero-order valence-corrected chi connectivity index (χ0v) is 18.2. The van der Waals surface area contributed by atoms with Gasteiger partial charge < -0.3 is 4.90 Å². The van der Waals surface area contributed by atoms with Gasteiger partial charge in [0.25, 0.3) is 0 Å². The maximum atomic E-state index is 13.4. The third-order valence-electron chi connectivity index (χ3n) is 5.02. The standard InChI is InChI=1S/C23H33F3NO2/c1-6-8-9-10-11-12-15-27(21(29)23(24,25)26)19-14-13-17(16-28)18(7-2)20(19)22(3,4)5/h13-14H,6-12,15H2,1-5H3. The zero-order chi connectivity index (χ0) is 22.2. The Labute approximate surface area is 172 Å². The third kappa shape index (κ3) is 6.86. The first-order valence-corrected chi connectivity index (χ1v) is 10.4. The maximum Gasteiger partial charge on any atom is 0.471 e. The second kappa shape index (κ2) is 10.8. The van der Waals surface area contributed by atoms with Gasteiger partial charge >= 0.3 is 12.1 Å². The molecule has 0 atom stereocenters. The fraction of sp³-hybridized carbons (Fsp3) is 0.652. The van der Waals surface area contributed by atoms with E-state index in [0.29, 0.717) is 29.5 Å². The van der Waals surface area contributed by atoms with Crippen molar-refractivity contribution in [2.45, 2.75) is 91.2 Å². The van der Waals surface area contributed by atoms with Gasteiger partial charge in [0, 0.05) is 17.8 Å². The summed E-state index contributed by atoms with van der Waals surface area (Å²) in [7, 11) is 0. The van der Waals surface area contributed by atoms with Crippen LogP contribution >= 0.6 is 0 Å². The van der Waals surface area contributed by atoms with E-state index in [9.17, 15) is 22.8 Å². The van der Waals surface area contributed by atoms with Gasteiger partial charge in [0.2, 0.25) is 6.29 Å².